The van der Waals surface area contributed by atoms with Crippen molar-refractivity contribution >= 4 is 15.9 Å². The summed E-state index contributed by atoms with van der Waals surface area (Å²) >= 11 is 3.62. The van der Waals surface area contributed by atoms with Gasteiger partial charge in [0.1, 0.15) is 0 Å². The van der Waals surface area contributed by atoms with Crippen molar-refractivity contribution in [2.45, 2.75) is 18.9 Å². The molecule has 0 radical (unpaired) electrons. The van der Waals surface area contributed by atoms with Gasteiger partial charge in [-0.3, -0.25) is 0 Å². The molecule has 1 N–H and O–H groups in total. The van der Waals surface area contributed by atoms with Crippen LogP contribution < -0.4 is 0 Å². The number of hydrogen-bond donors (Lipinski definition) is 1. The first-order valence-electron chi connectivity index (χ1n) is 6.11. The van der Waals surface area contributed by atoms with Gasteiger partial charge in [-0.05, 0) is 25.3 Å². The Labute approximate surface area is 112 Å². The fraction of sp³-hybridized carbons (Fsp3) is 1.00. The third kappa shape index (κ3) is 5.22. The van der Waals surface area contributed by atoms with Crippen molar-refractivity contribution in [2.75, 3.05) is 52.4 Å². The highest BCUT2D eigenvalue weighted by atomic mass is 79.9. The lowest BCUT2D eigenvalue weighted by Crippen LogP contribution is -2.44. The number of likely N-dealkylation sites (N-methyl/N-ethyl adjacent to an activating group) is 1. The highest BCUT2D eigenvalue weighted by Crippen LogP contribution is 2.33. The number of aliphatic hydroxyl groups excluding tert-OH is 1. The Morgan fingerprint density at radius 1 is 1.47 bits per heavy atom. The van der Waals surface area contributed by atoms with Gasteiger partial charge < -0.3 is 19.5 Å². The predicted octanol–water partition coefficient (Wildman–Crippen LogP) is 1.12. The molecule has 0 aliphatic carbocycles. The number of alkyl halides is 1. The third-order valence-electron chi connectivity index (χ3n) is 3.32. The largest absolute Gasteiger partial charge is 0.389 e. The highest BCUT2D eigenvalue weighted by molar-refractivity contribution is 9.09. The first-order chi connectivity index (χ1) is 8.12. The second-order valence-electron chi connectivity index (χ2n) is 5.05. The third-order valence-corrected chi connectivity index (χ3v) is 4.51. The summed E-state index contributed by atoms with van der Waals surface area (Å²) in [5.41, 5.74) is 0.291. The van der Waals surface area contributed by atoms with Crippen LogP contribution in [-0.4, -0.2) is 68.5 Å². The summed E-state index contributed by atoms with van der Waals surface area (Å²) in [6.07, 6.45) is 1.77. The fourth-order valence-electron chi connectivity index (χ4n) is 2.38. The average Bonchev–Trinajstić information content (AvgIpc) is 2.30. The van der Waals surface area contributed by atoms with E-state index in [1.165, 1.54) is 0 Å². The normalized spacial score (nSPS) is 21.7. The summed E-state index contributed by atoms with van der Waals surface area (Å²) in [5.74, 6) is 0. The summed E-state index contributed by atoms with van der Waals surface area (Å²) in [7, 11) is 3.67. The second kappa shape index (κ2) is 7.69. The second-order valence-corrected chi connectivity index (χ2v) is 5.61. The van der Waals surface area contributed by atoms with Gasteiger partial charge in [0.05, 0.1) is 12.7 Å². The molecular weight excluding hydrogens is 286 g/mol. The molecule has 1 saturated heterocycles. The monoisotopic (exact) mass is 309 g/mol. The van der Waals surface area contributed by atoms with Crippen LogP contribution in [0.5, 0.6) is 0 Å². The Morgan fingerprint density at radius 3 is 2.65 bits per heavy atom. The van der Waals surface area contributed by atoms with Crippen LogP contribution in [0.15, 0.2) is 0 Å². The lowest BCUT2D eigenvalue weighted by Gasteiger charge is -2.39. The van der Waals surface area contributed by atoms with Crippen molar-refractivity contribution < 1.29 is 14.6 Å². The molecule has 0 spiro atoms. The first-order valence-corrected chi connectivity index (χ1v) is 7.23. The van der Waals surface area contributed by atoms with Crippen molar-refractivity contribution in [1.82, 2.24) is 4.90 Å². The molecule has 0 aromatic rings. The smallest absolute Gasteiger partial charge is 0.0899 e. The van der Waals surface area contributed by atoms with Crippen LogP contribution in [0, 0.1) is 5.41 Å². The Morgan fingerprint density at radius 2 is 2.12 bits per heavy atom. The van der Waals surface area contributed by atoms with Gasteiger partial charge in [-0.1, -0.05) is 15.9 Å². The van der Waals surface area contributed by atoms with Crippen molar-refractivity contribution in [3.8, 4) is 0 Å². The molecular formula is C12H24BrNO3. The zero-order chi connectivity index (χ0) is 12.7. The van der Waals surface area contributed by atoms with Crippen molar-refractivity contribution in [1.29, 1.82) is 0 Å². The Hall–Kier alpha value is 0.320. The molecule has 1 atom stereocenters. The number of halogens is 1. The van der Waals surface area contributed by atoms with Gasteiger partial charge in [0.15, 0.2) is 0 Å². The van der Waals surface area contributed by atoms with Crippen LogP contribution in [0.3, 0.4) is 0 Å². The maximum Gasteiger partial charge on any atom is 0.0899 e. The predicted molar refractivity (Wildman–Crippen MR) is 71.7 cm³/mol. The van der Waals surface area contributed by atoms with E-state index in [2.05, 4.69) is 27.9 Å². The van der Waals surface area contributed by atoms with Gasteiger partial charge in [-0.25, -0.2) is 0 Å². The van der Waals surface area contributed by atoms with Crippen LogP contribution in [0.2, 0.25) is 0 Å². The first kappa shape index (κ1) is 15.4. The maximum absolute atomic E-state index is 9.70. The minimum absolute atomic E-state index is 0.291. The van der Waals surface area contributed by atoms with E-state index in [9.17, 15) is 5.11 Å². The van der Waals surface area contributed by atoms with Crippen molar-refractivity contribution in [3.63, 3.8) is 0 Å². The van der Waals surface area contributed by atoms with E-state index in [1.54, 1.807) is 7.11 Å². The van der Waals surface area contributed by atoms with Gasteiger partial charge in [-0.15, -0.1) is 0 Å². The Kier molecular flexibility index (Phi) is 6.95. The van der Waals surface area contributed by atoms with E-state index in [0.29, 0.717) is 18.6 Å². The topological polar surface area (TPSA) is 41.9 Å². The van der Waals surface area contributed by atoms with Crippen LogP contribution in [0.1, 0.15) is 12.8 Å². The van der Waals surface area contributed by atoms with Gasteiger partial charge in [0, 0.05) is 38.7 Å². The fourth-order valence-corrected chi connectivity index (χ4v) is 3.12. The zero-order valence-electron chi connectivity index (χ0n) is 10.8. The van der Waals surface area contributed by atoms with Crippen LogP contribution in [0.4, 0.5) is 0 Å². The molecule has 4 nitrogen and oxygen atoms in total. The molecule has 0 aromatic carbocycles. The maximum atomic E-state index is 9.70. The lowest BCUT2D eigenvalue weighted by atomic mass is 9.82. The SMILES string of the molecule is COCC(O)CN(C)CC1(CBr)CCOCC1. The molecule has 5 heteroatoms. The standard InChI is InChI=1S/C12H24BrNO3/c1-14(7-11(15)8-16-2)10-12(9-13)3-5-17-6-4-12/h11,15H,3-10H2,1-2H3. The molecule has 1 heterocycles. The van der Waals surface area contributed by atoms with E-state index in [1.807, 2.05) is 0 Å². The minimum atomic E-state index is -0.405. The average molecular weight is 310 g/mol. The van der Waals surface area contributed by atoms with Crippen molar-refractivity contribution in [2.24, 2.45) is 5.41 Å². The van der Waals surface area contributed by atoms with E-state index in [0.717, 1.165) is 37.9 Å². The Bertz CT molecular complexity index is 210. The number of methoxy groups -OCH3 is 1. The van der Waals surface area contributed by atoms with E-state index in [4.69, 9.17) is 9.47 Å². The molecule has 0 amide bonds. The van der Waals surface area contributed by atoms with Gasteiger partial charge in [0.25, 0.3) is 0 Å². The number of aliphatic hydroxyl groups is 1. The summed E-state index contributed by atoms with van der Waals surface area (Å²) in [6, 6.07) is 0. The quantitative estimate of drug-likeness (QED) is 0.716. The number of hydrogen-bond acceptors (Lipinski definition) is 4. The van der Waals surface area contributed by atoms with Gasteiger partial charge >= 0.3 is 0 Å². The van der Waals surface area contributed by atoms with Crippen LogP contribution in [0.25, 0.3) is 0 Å². The van der Waals surface area contributed by atoms with E-state index < -0.39 is 6.10 Å². The molecule has 0 saturated carbocycles. The molecule has 1 rings (SSSR count). The minimum Gasteiger partial charge on any atom is -0.389 e. The number of rotatable bonds is 7. The van der Waals surface area contributed by atoms with Gasteiger partial charge in [-0.2, -0.15) is 0 Å². The summed E-state index contributed by atoms with van der Waals surface area (Å²) < 4.78 is 10.4. The molecule has 17 heavy (non-hydrogen) atoms. The Balaban J connectivity index is 2.38. The van der Waals surface area contributed by atoms with Crippen LogP contribution >= 0.6 is 15.9 Å². The van der Waals surface area contributed by atoms with Crippen molar-refractivity contribution in [3.05, 3.63) is 0 Å². The summed E-state index contributed by atoms with van der Waals surface area (Å²) in [6.45, 7) is 3.74. The molecule has 0 aromatic heterocycles. The molecule has 1 aliphatic rings. The zero-order valence-corrected chi connectivity index (χ0v) is 12.4. The summed E-state index contributed by atoms with van der Waals surface area (Å²) in [5, 5.41) is 10.7. The van der Waals surface area contributed by atoms with Crippen LogP contribution in [-0.2, 0) is 9.47 Å². The molecule has 1 unspecified atom stereocenters. The molecule has 102 valence electrons. The molecule has 0 bridgehead atoms. The molecule has 1 fully saturated rings. The highest BCUT2D eigenvalue weighted by Gasteiger charge is 2.32. The number of ether oxygens (including phenoxy) is 2. The van der Waals surface area contributed by atoms with E-state index in [-0.39, 0.29) is 0 Å². The lowest BCUT2D eigenvalue weighted by molar-refractivity contribution is -0.00278. The van der Waals surface area contributed by atoms with Gasteiger partial charge in [0.2, 0.25) is 0 Å². The van der Waals surface area contributed by atoms with E-state index >= 15 is 0 Å². The summed E-state index contributed by atoms with van der Waals surface area (Å²) in [4.78, 5) is 2.19. The number of nitrogens with zero attached hydrogens (tertiary/aromatic N) is 1. The molecule has 1 aliphatic heterocycles.